The van der Waals surface area contributed by atoms with Gasteiger partial charge in [0.2, 0.25) is 5.91 Å². The molecule has 0 bridgehead atoms. The molecule has 1 aliphatic rings. The molecule has 0 aliphatic heterocycles. The van der Waals surface area contributed by atoms with Gasteiger partial charge in [0, 0.05) is 6.54 Å². The Morgan fingerprint density at radius 1 is 1.08 bits per heavy atom. The third-order valence-corrected chi connectivity index (χ3v) is 4.18. The van der Waals surface area contributed by atoms with Crippen LogP contribution in [0.4, 0.5) is 4.79 Å². The number of alkyl carbamates (subject to hydrolysis) is 1. The Hall–Kier alpha value is -2.04. The topological polar surface area (TPSA) is 67.4 Å². The molecular weight excluding hydrogens is 304 g/mol. The fraction of sp³-hybridized carbons (Fsp3) is 0.579. The highest BCUT2D eigenvalue weighted by atomic mass is 16.6. The first kappa shape index (κ1) is 18.3. The second-order valence-corrected chi connectivity index (χ2v) is 7.44. The minimum atomic E-state index is -0.866. The Morgan fingerprint density at radius 2 is 1.71 bits per heavy atom. The summed E-state index contributed by atoms with van der Waals surface area (Å²) in [6, 6.07) is 9.76. The second kappa shape index (κ2) is 7.69. The molecule has 1 saturated carbocycles. The van der Waals surface area contributed by atoms with Crippen LogP contribution < -0.4 is 10.6 Å². The molecule has 2 N–H and O–H groups in total. The van der Waals surface area contributed by atoms with Gasteiger partial charge in [0.25, 0.3) is 0 Å². The molecule has 0 atom stereocenters. The number of hydrogen-bond acceptors (Lipinski definition) is 3. The van der Waals surface area contributed by atoms with Gasteiger partial charge in [-0.2, -0.15) is 0 Å². The average Bonchev–Trinajstić information content (AvgIpc) is 2.52. The van der Waals surface area contributed by atoms with Crippen LogP contribution in [-0.4, -0.2) is 23.1 Å². The largest absolute Gasteiger partial charge is 0.444 e. The maximum atomic E-state index is 12.8. The van der Waals surface area contributed by atoms with Crippen molar-refractivity contribution >= 4 is 12.0 Å². The lowest BCUT2D eigenvalue weighted by Crippen LogP contribution is -2.60. The van der Waals surface area contributed by atoms with Gasteiger partial charge in [-0.3, -0.25) is 4.79 Å². The first-order valence-electron chi connectivity index (χ1n) is 8.64. The summed E-state index contributed by atoms with van der Waals surface area (Å²) in [6.07, 6.45) is 3.70. The molecule has 5 nitrogen and oxygen atoms in total. The molecule has 1 aromatic rings. The van der Waals surface area contributed by atoms with E-state index in [1.165, 1.54) is 0 Å². The number of carbonyl (C=O) groups excluding carboxylic acids is 2. The van der Waals surface area contributed by atoms with E-state index in [4.69, 9.17) is 4.74 Å². The standard InChI is InChI=1S/C19H28N2O3/c1-18(2,3)24-17(23)21-19(12-8-5-9-13-19)16(22)20-14-15-10-6-4-7-11-15/h4,6-7,10-11H,5,8-9,12-14H2,1-3H3,(H,20,22)(H,21,23). The Labute approximate surface area is 144 Å². The minimum Gasteiger partial charge on any atom is -0.444 e. The molecule has 1 fully saturated rings. The lowest BCUT2D eigenvalue weighted by atomic mass is 9.81. The van der Waals surface area contributed by atoms with E-state index in [0.29, 0.717) is 19.4 Å². The number of benzene rings is 1. The Morgan fingerprint density at radius 3 is 2.29 bits per heavy atom. The summed E-state index contributed by atoms with van der Waals surface area (Å²) >= 11 is 0. The van der Waals surface area contributed by atoms with Crippen molar-refractivity contribution in [3.63, 3.8) is 0 Å². The van der Waals surface area contributed by atoms with E-state index in [1.807, 2.05) is 51.1 Å². The van der Waals surface area contributed by atoms with Gasteiger partial charge in [-0.15, -0.1) is 0 Å². The van der Waals surface area contributed by atoms with E-state index in [0.717, 1.165) is 24.8 Å². The van der Waals surface area contributed by atoms with Gasteiger partial charge in [-0.25, -0.2) is 4.79 Å². The van der Waals surface area contributed by atoms with E-state index in [9.17, 15) is 9.59 Å². The predicted molar refractivity (Wildman–Crippen MR) is 93.5 cm³/mol. The molecule has 2 rings (SSSR count). The minimum absolute atomic E-state index is 0.128. The highest BCUT2D eigenvalue weighted by Crippen LogP contribution is 2.29. The van der Waals surface area contributed by atoms with Crippen LogP contribution in [0, 0.1) is 0 Å². The quantitative estimate of drug-likeness (QED) is 0.886. The summed E-state index contributed by atoms with van der Waals surface area (Å²) in [6.45, 7) is 5.90. The van der Waals surface area contributed by atoms with Gasteiger partial charge in [0.05, 0.1) is 0 Å². The van der Waals surface area contributed by atoms with Crippen molar-refractivity contribution in [1.82, 2.24) is 10.6 Å². The maximum absolute atomic E-state index is 12.8. The van der Waals surface area contributed by atoms with Crippen LogP contribution in [0.5, 0.6) is 0 Å². The first-order valence-corrected chi connectivity index (χ1v) is 8.64. The molecule has 0 aromatic heterocycles. The fourth-order valence-electron chi connectivity index (χ4n) is 3.01. The van der Waals surface area contributed by atoms with Crippen molar-refractivity contribution in [2.75, 3.05) is 0 Å². The van der Waals surface area contributed by atoms with Crippen molar-refractivity contribution in [2.24, 2.45) is 0 Å². The van der Waals surface area contributed by atoms with Crippen molar-refractivity contribution < 1.29 is 14.3 Å². The maximum Gasteiger partial charge on any atom is 0.408 e. The van der Waals surface area contributed by atoms with Gasteiger partial charge in [-0.1, -0.05) is 49.6 Å². The molecule has 0 spiro atoms. The van der Waals surface area contributed by atoms with Crippen LogP contribution in [-0.2, 0) is 16.1 Å². The predicted octanol–water partition coefficient (Wildman–Crippen LogP) is 3.53. The van der Waals surface area contributed by atoms with Gasteiger partial charge < -0.3 is 15.4 Å². The molecular formula is C19H28N2O3. The summed E-state index contributed by atoms with van der Waals surface area (Å²) in [5, 5.41) is 5.82. The summed E-state index contributed by atoms with van der Waals surface area (Å²) in [4.78, 5) is 25.0. The van der Waals surface area contributed by atoms with Crippen LogP contribution in [0.2, 0.25) is 0 Å². The van der Waals surface area contributed by atoms with Crippen molar-refractivity contribution in [1.29, 1.82) is 0 Å². The van der Waals surface area contributed by atoms with Gasteiger partial charge in [0.1, 0.15) is 11.1 Å². The number of amides is 2. The van der Waals surface area contributed by atoms with Crippen molar-refractivity contribution in [3.8, 4) is 0 Å². The zero-order valence-electron chi connectivity index (χ0n) is 14.9. The van der Waals surface area contributed by atoms with E-state index < -0.39 is 17.2 Å². The van der Waals surface area contributed by atoms with Gasteiger partial charge >= 0.3 is 6.09 Å². The van der Waals surface area contributed by atoms with Crippen LogP contribution in [0.25, 0.3) is 0 Å². The Balaban J connectivity index is 2.03. The van der Waals surface area contributed by atoms with Crippen LogP contribution in [0.15, 0.2) is 30.3 Å². The highest BCUT2D eigenvalue weighted by molar-refractivity contribution is 5.90. The third-order valence-electron chi connectivity index (χ3n) is 4.18. The lowest BCUT2D eigenvalue weighted by molar-refractivity contribution is -0.129. The zero-order chi connectivity index (χ0) is 17.6. The molecule has 24 heavy (non-hydrogen) atoms. The summed E-state index contributed by atoms with van der Waals surface area (Å²) in [7, 11) is 0. The van der Waals surface area contributed by atoms with Crippen LogP contribution >= 0.6 is 0 Å². The monoisotopic (exact) mass is 332 g/mol. The summed E-state index contributed by atoms with van der Waals surface area (Å²) in [5.74, 6) is -0.128. The second-order valence-electron chi connectivity index (χ2n) is 7.44. The number of rotatable bonds is 4. The molecule has 132 valence electrons. The molecule has 0 unspecified atom stereocenters. The SMILES string of the molecule is CC(C)(C)OC(=O)NC1(C(=O)NCc2ccccc2)CCCCC1. The summed E-state index contributed by atoms with van der Waals surface area (Å²) in [5.41, 5.74) is -0.412. The van der Waals surface area contributed by atoms with Gasteiger partial charge in [0.15, 0.2) is 0 Å². The fourth-order valence-corrected chi connectivity index (χ4v) is 3.01. The van der Waals surface area contributed by atoms with Gasteiger partial charge in [-0.05, 0) is 39.2 Å². The van der Waals surface area contributed by atoms with E-state index in [-0.39, 0.29) is 5.91 Å². The van der Waals surface area contributed by atoms with Crippen molar-refractivity contribution in [2.45, 2.75) is 70.6 Å². The van der Waals surface area contributed by atoms with Crippen LogP contribution in [0.1, 0.15) is 58.4 Å². The zero-order valence-corrected chi connectivity index (χ0v) is 14.9. The lowest BCUT2D eigenvalue weighted by Gasteiger charge is -2.37. The molecule has 0 heterocycles. The third kappa shape index (κ3) is 5.25. The number of hydrogen-bond donors (Lipinski definition) is 2. The Bertz CT molecular complexity index is 558. The van der Waals surface area contributed by atoms with E-state index >= 15 is 0 Å². The first-order chi connectivity index (χ1) is 11.3. The number of nitrogens with one attached hydrogen (secondary N) is 2. The molecule has 5 heteroatoms. The van der Waals surface area contributed by atoms with E-state index in [2.05, 4.69) is 10.6 Å². The highest BCUT2D eigenvalue weighted by Gasteiger charge is 2.41. The average molecular weight is 332 g/mol. The van der Waals surface area contributed by atoms with Crippen LogP contribution in [0.3, 0.4) is 0 Å². The molecule has 1 aliphatic carbocycles. The number of carbonyl (C=O) groups is 2. The normalized spacial score (nSPS) is 17.0. The molecule has 2 amide bonds. The van der Waals surface area contributed by atoms with Crippen molar-refractivity contribution in [3.05, 3.63) is 35.9 Å². The van der Waals surface area contributed by atoms with E-state index in [1.54, 1.807) is 0 Å². The Kier molecular flexibility index (Phi) is 5.86. The smallest absolute Gasteiger partial charge is 0.408 e. The molecule has 0 radical (unpaired) electrons. The molecule has 0 saturated heterocycles. The summed E-state index contributed by atoms with van der Waals surface area (Å²) < 4.78 is 5.35. The number of ether oxygens (including phenoxy) is 1. The molecule has 1 aromatic carbocycles.